The van der Waals surface area contributed by atoms with Crippen LogP contribution in [0, 0.1) is 6.92 Å². The van der Waals surface area contributed by atoms with Gasteiger partial charge in [-0.05, 0) is 110 Å². The molecule has 6 nitrogen and oxygen atoms in total. The first-order valence-electron chi connectivity index (χ1n) is 14.6. The Balaban J connectivity index is 1.22. The van der Waals surface area contributed by atoms with E-state index in [0.29, 0.717) is 6.61 Å². The van der Waals surface area contributed by atoms with Crippen LogP contribution in [-0.2, 0) is 18.4 Å². The molecule has 7 rings (SSSR count). The number of hydrogen-bond acceptors (Lipinski definition) is 5. The highest BCUT2D eigenvalue weighted by atomic mass is 16.5. The van der Waals surface area contributed by atoms with Crippen molar-refractivity contribution in [1.82, 2.24) is 9.55 Å². The second-order valence-electron chi connectivity index (χ2n) is 12.2. The van der Waals surface area contributed by atoms with Crippen LogP contribution in [0.5, 0.6) is 5.75 Å². The van der Waals surface area contributed by atoms with E-state index in [4.69, 9.17) is 14.5 Å². The fourth-order valence-corrected chi connectivity index (χ4v) is 7.11. The van der Waals surface area contributed by atoms with Crippen molar-refractivity contribution in [3.8, 4) is 5.75 Å². The van der Waals surface area contributed by atoms with E-state index < -0.39 is 0 Å². The number of aromatic nitrogens is 2. The highest BCUT2D eigenvalue weighted by Gasteiger charge is 2.44. The fraction of sp³-hybridized carbons (Fsp3) is 0.306. The van der Waals surface area contributed by atoms with Crippen molar-refractivity contribution in [2.75, 3.05) is 31.0 Å². The molecule has 0 bridgehead atoms. The van der Waals surface area contributed by atoms with Crippen molar-refractivity contribution >= 4 is 44.2 Å². The Morgan fingerprint density at radius 1 is 1.00 bits per heavy atom. The number of nitrogens with zero attached hydrogens (tertiary/aromatic N) is 4. The lowest BCUT2D eigenvalue weighted by Crippen LogP contribution is -2.41. The molecule has 0 saturated carbocycles. The number of aryl methyl sites for hydroxylation is 2. The summed E-state index contributed by atoms with van der Waals surface area (Å²) in [7, 11) is 8.21. The SMILES string of the molecule is COC1=CCC2(C)C(=C1)c1cc3cnc(COc4ccc5c(c4)c4c(n5C)C(C)=C(C)C=CN4C)cc3c(C)c1N2C. The molecule has 2 aromatic carbocycles. The number of rotatable bonds is 4. The third-order valence-corrected chi connectivity index (χ3v) is 9.85. The first-order chi connectivity index (χ1) is 20.1. The van der Waals surface area contributed by atoms with Crippen molar-refractivity contribution in [2.24, 2.45) is 7.05 Å². The first-order valence-corrected chi connectivity index (χ1v) is 14.6. The molecule has 2 aromatic heterocycles. The molecule has 214 valence electrons. The maximum atomic E-state index is 6.37. The van der Waals surface area contributed by atoms with E-state index in [1.165, 1.54) is 61.2 Å². The van der Waals surface area contributed by atoms with Gasteiger partial charge in [-0.15, -0.1) is 0 Å². The maximum absolute atomic E-state index is 6.37. The van der Waals surface area contributed by atoms with Crippen LogP contribution >= 0.6 is 0 Å². The Kier molecular flexibility index (Phi) is 5.84. The third-order valence-electron chi connectivity index (χ3n) is 9.85. The lowest BCUT2D eigenvalue weighted by molar-refractivity contribution is 0.301. The van der Waals surface area contributed by atoms with Crippen molar-refractivity contribution in [3.63, 3.8) is 0 Å². The quantitative estimate of drug-likeness (QED) is 0.255. The van der Waals surface area contributed by atoms with E-state index in [-0.39, 0.29) is 5.54 Å². The van der Waals surface area contributed by atoms with Crippen molar-refractivity contribution in [3.05, 3.63) is 94.8 Å². The molecule has 0 fully saturated rings. The topological polar surface area (TPSA) is 42.8 Å². The number of fused-ring (bicyclic) bond motifs is 7. The van der Waals surface area contributed by atoms with E-state index in [1.54, 1.807) is 7.11 Å². The van der Waals surface area contributed by atoms with Gasteiger partial charge in [-0.2, -0.15) is 0 Å². The molecule has 0 spiro atoms. The maximum Gasteiger partial charge on any atom is 0.130 e. The monoisotopic (exact) mass is 558 g/mol. The van der Waals surface area contributed by atoms with Crippen LogP contribution in [0.25, 0.3) is 32.8 Å². The van der Waals surface area contributed by atoms with Crippen molar-refractivity contribution in [2.45, 2.75) is 46.3 Å². The van der Waals surface area contributed by atoms with Gasteiger partial charge in [0.25, 0.3) is 0 Å². The Bertz CT molecular complexity index is 1940. The van der Waals surface area contributed by atoms with Crippen LogP contribution < -0.4 is 14.5 Å². The molecule has 42 heavy (non-hydrogen) atoms. The predicted molar refractivity (Wildman–Crippen MR) is 174 cm³/mol. The molecule has 0 saturated heterocycles. The van der Waals surface area contributed by atoms with Gasteiger partial charge >= 0.3 is 0 Å². The Morgan fingerprint density at radius 3 is 2.60 bits per heavy atom. The van der Waals surface area contributed by atoms with E-state index in [1.807, 2.05) is 6.20 Å². The van der Waals surface area contributed by atoms with Crippen LogP contribution in [0.1, 0.15) is 49.7 Å². The Morgan fingerprint density at radius 2 is 1.81 bits per heavy atom. The summed E-state index contributed by atoms with van der Waals surface area (Å²) in [5.41, 5.74) is 12.2. The van der Waals surface area contributed by atoms with E-state index in [9.17, 15) is 0 Å². The van der Waals surface area contributed by atoms with Crippen LogP contribution in [-0.4, -0.2) is 36.3 Å². The standard InChI is InChI=1S/C36H38N4O2/c1-21-12-14-38(5)35-30-17-27(9-10-32(30)39(6)34(35)22(21)2)42-20-25-16-28-23(3)33-29(15-24(28)19-37-25)31-18-26(41-8)11-13-36(31,4)40(33)7/h9-12,14-19H,13,20H2,1-8H3. The van der Waals surface area contributed by atoms with Gasteiger partial charge in [0, 0.05) is 55.6 Å². The van der Waals surface area contributed by atoms with E-state index >= 15 is 0 Å². The van der Waals surface area contributed by atoms with Gasteiger partial charge in [-0.3, -0.25) is 4.98 Å². The summed E-state index contributed by atoms with van der Waals surface area (Å²) in [5, 5.41) is 3.54. The normalized spacial score (nSPS) is 19.5. The summed E-state index contributed by atoms with van der Waals surface area (Å²) in [6, 6.07) is 10.9. The van der Waals surface area contributed by atoms with Gasteiger partial charge in [0.2, 0.25) is 0 Å². The molecule has 3 aliphatic rings. The molecule has 1 atom stereocenters. The third kappa shape index (κ3) is 3.67. The van der Waals surface area contributed by atoms with Crippen LogP contribution in [0.4, 0.5) is 11.4 Å². The minimum absolute atomic E-state index is 0.0863. The number of methoxy groups -OCH3 is 1. The molecule has 0 radical (unpaired) electrons. The molecule has 1 aliphatic carbocycles. The molecular formula is C36H38N4O2. The Labute approximate surface area is 247 Å². The van der Waals surface area contributed by atoms with Crippen molar-refractivity contribution < 1.29 is 9.47 Å². The molecular weight excluding hydrogens is 520 g/mol. The molecule has 6 heteroatoms. The number of likely N-dealkylation sites (N-methyl/N-ethyl adjacent to an activating group) is 1. The summed E-state index contributed by atoms with van der Waals surface area (Å²) in [5.74, 6) is 1.77. The minimum atomic E-state index is -0.0863. The lowest BCUT2D eigenvalue weighted by Gasteiger charge is -2.37. The number of ether oxygens (including phenoxy) is 2. The zero-order valence-electron chi connectivity index (χ0n) is 25.8. The molecule has 2 aliphatic heterocycles. The highest BCUT2D eigenvalue weighted by Crippen LogP contribution is 2.53. The van der Waals surface area contributed by atoms with Gasteiger partial charge < -0.3 is 23.8 Å². The van der Waals surface area contributed by atoms with Gasteiger partial charge in [0.05, 0.1) is 35.2 Å². The van der Waals surface area contributed by atoms with Gasteiger partial charge in [-0.25, -0.2) is 0 Å². The highest BCUT2D eigenvalue weighted by molar-refractivity contribution is 6.03. The average Bonchev–Trinajstić information content (AvgIpc) is 3.36. The number of pyridine rings is 1. The molecule has 1 unspecified atom stereocenters. The largest absolute Gasteiger partial charge is 0.497 e. The number of benzene rings is 2. The smallest absolute Gasteiger partial charge is 0.130 e. The average molecular weight is 559 g/mol. The Hall–Kier alpha value is -4.45. The minimum Gasteiger partial charge on any atom is -0.497 e. The van der Waals surface area contributed by atoms with Crippen LogP contribution in [0.15, 0.2) is 72.3 Å². The van der Waals surface area contributed by atoms with Gasteiger partial charge in [-0.1, -0.05) is 0 Å². The summed E-state index contributed by atoms with van der Waals surface area (Å²) < 4.78 is 14.3. The lowest BCUT2D eigenvalue weighted by atomic mass is 9.83. The first kappa shape index (κ1) is 26.4. The van der Waals surface area contributed by atoms with Gasteiger partial charge in [0.1, 0.15) is 18.1 Å². The fourth-order valence-electron chi connectivity index (χ4n) is 7.11. The second kappa shape index (κ2) is 9.28. The van der Waals surface area contributed by atoms with Crippen LogP contribution in [0.2, 0.25) is 0 Å². The number of allylic oxidation sites excluding steroid dienone is 4. The van der Waals surface area contributed by atoms with Crippen molar-refractivity contribution in [1.29, 1.82) is 0 Å². The number of anilines is 2. The number of hydrogen-bond donors (Lipinski definition) is 0. The zero-order valence-corrected chi connectivity index (χ0v) is 25.8. The summed E-state index contributed by atoms with van der Waals surface area (Å²) in [4.78, 5) is 9.46. The predicted octanol–water partition coefficient (Wildman–Crippen LogP) is 7.90. The molecule has 4 aromatic rings. The van der Waals surface area contributed by atoms with Crippen LogP contribution in [0.3, 0.4) is 0 Å². The summed E-state index contributed by atoms with van der Waals surface area (Å²) in [6.45, 7) is 9.32. The summed E-state index contributed by atoms with van der Waals surface area (Å²) in [6.07, 6.45) is 11.6. The zero-order chi connectivity index (χ0) is 29.5. The van der Waals surface area contributed by atoms with E-state index in [0.717, 1.165) is 29.0 Å². The molecule has 0 N–H and O–H groups in total. The van der Waals surface area contributed by atoms with E-state index in [2.05, 4.69) is 118 Å². The molecule has 4 heterocycles. The van der Waals surface area contributed by atoms with Gasteiger partial charge in [0.15, 0.2) is 0 Å². The molecule has 0 amide bonds. The second-order valence-corrected chi connectivity index (χ2v) is 12.2. The summed E-state index contributed by atoms with van der Waals surface area (Å²) >= 11 is 0.